The number of anilines is 1. The van der Waals surface area contributed by atoms with Gasteiger partial charge >= 0.3 is 0 Å². The molecule has 0 bridgehead atoms. The van der Waals surface area contributed by atoms with Crippen LogP contribution >= 0.6 is 34.4 Å². The molecule has 0 N–H and O–H groups in total. The Labute approximate surface area is 157 Å². The average Bonchev–Trinajstić information content (AvgIpc) is 3.24. The van der Waals surface area contributed by atoms with Gasteiger partial charge in [-0.2, -0.15) is 0 Å². The highest BCUT2D eigenvalue weighted by atomic mass is 32.2. The van der Waals surface area contributed by atoms with Crippen molar-refractivity contribution in [2.24, 2.45) is 0 Å². The summed E-state index contributed by atoms with van der Waals surface area (Å²) in [6.07, 6.45) is 0. The molecular weight excluding hydrogens is 370 g/mol. The van der Waals surface area contributed by atoms with Gasteiger partial charge in [0.15, 0.2) is 5.13 Å². The summed E-state index contributed by atoms with van der Waals surface area (Å²) < 4.78 is 2.29. The van der Waals surface area contributed by atoms with E-state index < -0.39 is 0 Å². The smallest absolute Gasteiger partial charge is 0.238 e. The molecule has 7 heteroatoms. The predicted octanol–water partition coefficient (Wildman–Crippen LogP) is 4.80. The summed E-state index contributed by atoms with van der Waals surface area (Å²) in [6, 6.07) is 16.1. The van der Waals surface area contributed by atoms with Crippen LogP contribution in [-0.4, -0.2) is 28.7 Å². The fourth-order valence-corrected chi connectivity index (χ4v) is 5.32. The molecule has 0 aliphatic rings. The number of para-hydroxylation sites is 2. The lowest BCUT2D eigenvalue weighted by Crippen LogP contribution is -2.27. The van der Waals surface area contributed by atoms with Crippen molar-refractivity contribution in [3.63, 3.8) is 0 Å². The molecule has 0 aliphatic carbocycles. The zero-order chi connectivity index (χ0) is 17.2. The molecule has 4 rings (SSSR count). The van der Waals surface area contributed by atoms with E-state index in [1.807, 2.05) is 42.5 Å². The van der Waals surface area contributed by atoms with E-state index >= 15 is 0 Å². The molecule has 4 aromatic rings. The molecule has 1 amide bonds. The van der Waals surface area contributed by atoms with Gasteiger partial charge in [0, 0.05) is 12.8 Å². The van der Waals surface area contributed by atoms with Gasteiger partial charge in [-0.05, 0) is 24.3 Å². The largest absolute Gasteiger partial charge is 0.291 e. The van der Waals surface area contributed by atoms with Crippen LogP contribution in [0.15, 0.2) is 48.5 Å². The summed E-state index contributed by atoms with van der Waals surface area (Å²) in [6.45, 7) is 0. The predicted molar refractivity (Wildman–Crippen MR) is 109 cm³/mol. The quantitative estimate of drug-likeness (QED) is 0.495. The summed E-state index contributed by atoms with van der Waals surface area (Å²) in [5.74, 6) is 1.23. The van der Waals surface area contributed by atoms with Crippen LogP contribution in [0.2, 0.25) is 0 Å². The third-order valence-corrected chi connectivity index (χ3v) is 6.99. The number of aromatic nitrogens is 2. The summed E-state index contributed by atoms with van der Waals surface area (Å²) in [5.41, 5.74) is 1.96. The minimum absolute atomic E-state index is 0.0603. The molecule has 126 valence electrons. The molecule has 0 saturated carbocycles. The van der Waals surface area contributed by atoms with Crippen molar-refractivity contribution >= 4 is 65.9 Å². The Morgan fingerprint density at radius 2 is 1.64 bits per heavy atom. The van der Waals surface area contributed by atoms with Gasteiger partial charge in [-0.1, -0.05) is 35.6 Å². The number of amides is 1. The van der Waals surface area contributed by atoms with Crippen molar-refractivity contribution in [3.05, 3.63) is 53.5 Å². The average molecular weight is 386 g/mol. The van der Waals surface area contributed by atoms with Crippen LogP contribution in [0.1, 0.15) is 5.01 Å². The first kappa shape index (κ1) is 16.5. The first-order chi connectivity index (χ1) is 12.2. The number of hydrogen-bond acceptors (Lipinski definition) is 6. The van der Waals surface area contributed by atoms with Crippen molar-refractivity contribution in [1.29, 1.82) is 0 Å². The fourth-order valence-electron chi connectivity index (χ4n) is 2.41. The highest BCUT2D eigenvalue weighted by Crippen LogP contribution is 2.29. The van der Waals surface area contributed by atoms with Crippen LogP contribution in [0.5, 0.6) is 0 Å². The number of nitrogens with zero attached hydrogens (tertiary/aromatic N) is 3. The van der Waals surface area contributed by atoms with Gasteiger partial charge < -0.3 is 0 Å². The molecule has 2 aromatic carbocycles. The van der Waals surface area contributed by atoms with Gasteiger partial charge in [0.25, 0.3) is 0 Å². The second-order valence-corrected chi connectivity index (χ2v) is 8.59. The summed E-state index contributed by atoms with van der Waals surface area (Å²) >= 11 is 4.82. The molecule has 0 aliphatic heterocycles. The molecule has 0 unspecified atom stereocenters. The summed E-state index contributed by atoms with van der Waals surface area (Å²) in [5, 5.41) is 1.80. The first-order valence-corrected chi connectivity index (χ1v) is 10.5. The first-order valence-electron chi connectivity index (χ1n) is 7.75. The maximum Gasteiger partial charge on any atom is 0.238 e. The highest BCUT2D eigenvalue weighted by molar-refractivity contribution is 7.99. The van der Waals surface area contributed by atoms with Crippen LogP contribution in [0.25, 0.3) is 20.4 Å². The Balaban J connectivity index is 1.37. The molecule has 2 heterocycles. The minimum atomic E-state index is 0.0603. The van der Waals surface area contributed by atoms with E-state index in [4.69, 9.17) is 0 Å². The number of thiazole rings is 2. The van der Waals surface area contributed by atoms with Crippen LogP contribution in [0.4, 0.5) is 5.13 Å². The van der Waals surface area contributed by atoms with Crippen LogP contribution < -0.4 is 4.90 Å². The number of carbonyl (C=O) groups excluding carboxylic acids is 1. The summed E-state index contributed by atoms with van der Waals surface area (Å²) in [7, 11) is 1.79. The molecule has 25 heavy (non-hydrogen) atoms. The number of rotatable bonds is 5. The van der Waals surface area contributed by atoms with Crippen molar-refractivity contribution in [2.45, 2.75) is 5.75 Å². The Morgan fingerprint density at radius 3 is 2.32 bits per heavy atom. The normalized spacial score (nSPS) is 11.2. The van der Waals surface area contributed by atoms with Gasteiger partial charge in [-0.15, -0.1) is 23.1 Å². The van der Waals surface area contributed by atoms with Crippen molar-refractivity contribution in [1.82, 2.24) is 9.97 Å². The third kappa shape index (κ3) is 3.53. The summed E-state index contributed by atoms with van der Waals surface area (Å²) in [4.78, 5) is 23.2. The second-order valence-electron chi connectivity index (χ2n) is 5.49. The molecule has 0 fully saturated rings. The van der Waals surface area contributed by atoms with Gasteiger partial charge in [0.2, 0.25) is 5.91 Å². The van der Waals surface area contributed by atoms with Gasteiger partial charge in [0.1, 0.15) is 5.01 Å². The van der Waals surface area contributed by atoms with Crippen LogP contribution in [0, 0.1) is 0 Å². The lowest BCUT2D eigenvalue weighted by Gasteiger charge is -2.12. The van der Waals surface area contributed by atoms with Crippen molar-refractivity contribution in [3.8, 4) is 0 Å². The topological polar surface area (TPSA) is 46.1 Å². The molecule has 2 aromatic heterocycles. The number of benzene rings is 2. The lowest BCUT2D eigenvalue weighted by atomic mass is 10.3. The molecule has 0 spiro atoms. The Kier molecular flexibility index (Phi) is 4.70. The highest BCUT2D eigenvalue weighted by Gasteiger charge is 2.15. The molecule has 0 atom stereocenters. The minimum Gasteiger partial charge on any atom is -0.291 e. The lowest BCUT2D eigenvalue weighted by molar-refractivity contribution is -0.115. The van der Waals surface area contributed by atoms with E-state index in [9.17, 15) is 4.79 Å². The Hall–Kier alpha value is -1.96. The molecular formula is C18H15N3OS3. The van der Waals surface area contributed by atoms with Crippen molar-refractivity contribution < 1.29 is 4.79 Å². The van der Waals surface area contributed by atoms with E-state index in [1.54, 1.807) is 46.4 Å². The van der Waals surface area contributed by atoms with Gasteiger partial charge in [-0.25, -0.2) is 9.97 Å². The number of thioether (sulfide) groups is 1. The monoisotopic (exact) mass is 385 g/mol. The number of carbonyl (C=O) groups is 1. The zero-order valence-corrected chi connectivity index (χ0v) is 16.0. The van der Waals surface area contributed by atoms with Gasteiger partial charge in [-0.3, -0.25) is 9.69 Å². The Morgan fingerprint density at radius 1 is 1.00 bits per heavy atom. The van der Waals surface area contributed by atoms with Crippen LogP contribution in [-0.2, 0) is 10.5 Å². The SMILES string of the molecule is CN(C(=O)CSCc1nc2ccccc2s1)c1nc2ccccc2s1. The van der Waals surface area contributed by atoms with E-state index in [2.05, 4.69) is 16.0 Å². The van der Waals surface area contributed by atoms with E-state index in [1.165, 1.54) is 4.70 Å². The molecule has 0 radical (unpaired) electrons. The maximum absolute atomic E-state index is 12.4. The van der Waals surface area contributed by atoms with E-state index in [0.717, 1.165) is 31.6 Å². The standard InChI is InChI=1S/C18H15N3OS3/c1-21(18-20-13-7-3-5-9-15(13)25-18)17(22)11-23-10-16-19-12-6-2-4-8-14(12)24-16/h2-9H,10-11H2,1H3. The van der Waals surface area contributed by atoms with E-state index in [0.29, 0.717) is 5.75 Å². The molecule has 0 saturated heterocycles. The second kappa shape index (κ2) is 7.11. The Bertz CT molecular complexity index is 974. The van der Waals surface area contributed by atoms with Crippen molar-refractivity contribution in [2.75, 3.05) is 17.7 Å². The number of fused-ring (bicyclic) bond motifs is 2. The number of hydrogen-bond donors (Lipinski definition) is 0. The van der Waals surface area contributed by atoms with Gasteiger partial charge in [0.05, 0.1) is 26.2 Å². The van der Waals surface area contributed by atoms with E-state index in [-0.39, 0.29) is 5.91 Å². The van der Waals surface area contributed by atoms with Crippen LogP contribution in [0.3, 0.4) is 0 Å². The third-order valence-electron chi connectivity index (χ3n) is 3.73. The maximum atomic E-state index is 12.4. The fraction of sp³-hybridized carbons (Fsp3) is 0.167. The molecule has 4 nitrogen and oxygen atoms in total. The zero-order valence-electron chi connectivity index (χ0n) is 13.5.